The van der Waals surface area contributed by atoms with Crippen molar-refractivity contribution in [2.75, 3.05) is 17.2 Å². The van der Waals surface area contributed by atoms with Crippen LogP contribution < -0.4 is 15.4 Å². The minimum Gasteiger partial charge on any atom is -0.482 e. The second kappa shape index (κ2) is 5.44. The van der Waals surface area contributed by atoms with E-state index in [2.05, 4.69) is 10.6 Å². The molecule has 0 saturated carbocycles. The molecule has 1 amide bonds. The number of anilines is 2. The summed E-state index contributed by atoms with van der Waals surface area (Å²) in [7, 11) is 0. The maximum Gasteiger partial charge on any atom is 0.262 e. The number of para-hydroxylation sites is 1. The summed E-state index contributed by atoms with van der Waals surface area (Å²) in [6.45, 7) is 1.97. The molecule has 1 atom stereocenters. The molecule has 4 nitrogen and oxygen atoms in total. The van der Waals surface area contributed by atoms with Crippen LogP contribution in [0.2, 0.25) is 0 Å². The Hall–Kier alpha value is -2.56. The monoisotopic (exact) mass is 286 g/mol. The molecule has 0 fully saturated rings. The van der Waals surface area contributed by atoms with E-state index in [1.54, 1.807) is 18.2 Å². The summed E-state index contributed by atoms with van der Waals surface area (Å²) in [5.41, 5.74) is 2.02. The van der Waals surface area contributed by atoms with Gasteiger partial charge in [0.2, 0.25) is 0 Å². The third-order valence-corrected chi connectivity index (χ3v) is 3.38. The first-order chi connectivity index (χ1) is 10.1. The predicted molar refractivity (Wildman–Crippen MR) is 79.0 cm³/mol. The number of rotatable bonds is 3. The zero-order valence-electron chi connectivity index (χ0n) is 11.5. The molecule has 1 unspecified atom stereocenters. The van der Waals surface area contributed by atoms with Crippen LogP contribution in [0.4, 0.5) is 15.8 Å². The van der Waals surface area contributed by atoms with Gasteiger partial charge in [0.1, 0.15) is 11.6 Å². The maximum absolute atomic E-state index is 13.7. The van der Waals surface area contributed by atoms with Gasteiger partial charge in [0.25, 0.3) is 5.91 Å². The van der Waals surface area contributed by atoms with E-state index in [9.17, 15) is 9.18 Å². The summed E-state index contributed by atoms with van der Waals surface area (Å²) >= 11 is 0. The van der Waals surface area contributed by atoms with E-state index in [1.807, 2.05) is 25.1 Å². The van der Waals surface area contributed by atoms with Crippen molar-refractivity contribution in [3.05, 3.63) is 53.8 Å². The van der Waals surface area contributed by atoms with E-state index in [0.717, 1.165) is 5.56 Å². The Labute approximate surface area is 121 Å². The summed E-state index contributed by atoms with van der Waals surface area (Å²) in [4.78, 5) is 11.3. The highest BCUT2D eigenvalue weighted by molar-refractivity contribution is 5.95. The van der Waals surface area contributed by atoms with Crippen molar-refractivity contribution in [1.82, 2.24) is 0 Å². The highest BCUT2D eigenvalue weighted by Crippen LogP contribution is 2.31. The van der Waals surface area contributed by atoms with Gasteiger partial charge >= 0.3 is 0 Å². The summed E-state index contributed by atoms with van der Waals surface area (Å²) in [6.07, 6.45) is 0. The molecule has 1 aliphatic heterocycles. The van der Waals surface area contributed by atoms with E-state index in [-0.39, 0.29) is 24.4 Å². The van der Waals surface area contributed by atoms with Crippen molar-refractivity contribution in [1.29, 1.82) is 0 Å². The number of amides is 1. The number of benzene rings is 2. The van der Waals surface area contributed by atoms with Gasteiger partial charge in [-0.05, 0) is 36.8 Å². The van der Waals surface area contributed by atoms with Gasteiger partial charge < -0.3 is 15.4 Å². The van der Waals surface area contributed by atoms with Gasteiger partial charge in [0.05, 0.1) is 11.4 Å². The average molecular weight is 286 g/mol. The quantitative estimate of drug-likeness (QED) is 0.910. The summed E-state index contributed by atoms with van der Waals surface area (Å²) in [5, 5.41) is 5.88. The van der Waals surface area contributed by atoms with E-state index in [0.29, 0.717) is 17.1 Å². The topological polar surface area (TPSA) is 50.4 Å². The Balaban J connectivity index is 1.82. The minimum atomic E-state index is -0.293. The van der Waals surface area contributed by atoms with Crippen molar-refractivity contribution in [2.24, 2.45) is 0 Å². The summed E-state index contributed by atoms with van der Waals surface area (Å²) in [6, 6.07) is 12.0. The molecule has 0 bridgehead atoms. The third kappa shape index (κ3) is 2.81. The van der Waals surface area contributed by atoms with Crippen LogP contribution in [0.3, 0.4) is 0 Å². The molecule has 5 heteroatoms. The Kier molecular flexibility index (Phi) is 3.48. The lowest BCUT2D eigenvalue weighted by molar-refractivity contribution is -0.118. The van der Waals surface area contributed by atoms with Crippen molar-refractivity contribution in [2.45, 2.75) is 13.0 Å². The second-order valence-corrected chi connectivity index (χ2v) is 4.94. The van der Waals surface area contributed by atoms with Crippen molar-refractivity contribution < 1.29 is 13.9 Å². The lowest BCUT2D eigenvalue weighted by atomic mass is 10.1. The van der Waals surface area contributed by atoms with Crippen LogP contribution in [0.15, 0.2) is 42.5 Å². The maximum atomic E-state index is 13.7. The fraction of sp³-hybridized carbons (Fsp3) is 0.188. The van der Waals surface area contributed by atoms with E-state index in [1.165, 1.54) is 6.07 Å². The molecule has 21 heavy (non-hydrogen) atoms. The Morgan fingerprint density at radius 3 is 2.90 bits per heavy atom. The van der Waals surface area contributed by atoms with Crippen LogP contribution >= 0.6 is 0 Å². The van der Waals surface area contributed by atoms with Crippen molar-refractivity contribution in [3.8, 4) is 5.75 Å². The number of nitrogens with one attached hydrogen (secondary N) is 2. The molecule has 0 aromatic heterocycles. The molecule has 108 valence electrons. The zero-order chi connectivity index (χ0) is 14.8. The SMILES string of the molecule is CC(Nc1ccccc1F)c1ccc2c(c1)NC(=O)CO2. The lowest BCUT2D eigenvalue weighted by Crippen LogP contribution is -2.25. The number of hydrogen-bond donors (Lipinski definition) is 2. The molecule has 2 aromatic rings. The highest BCUT2D eigenvalue weighted by Gasteiger charge is 2.17. The first-order valence-corrected chi connectivity index (χ1v) is 6.71. The molecule has 0 spiro atoms. The fourth-order valence-electron chi connectivity index (χ4n) is 2.26. The Morgan fingerprint density at radius 2 is 2.10 bits per heavy atom. The normalized spacial score (nSPS) is 14.7. The third-order valence-electron chi connectivity index (χ3n) is 3.38. The number of carbonyl (C=O) groups excluding carboxylic acids is 1. The minimum absolute atomic E-state index is 0.0371. The molecule has 2 N–H and O–H groups in total. The van der Waals surface area contributed by atoms with Gasteiger partial charge in [-0.3, -0.25) is 4.79 Å². The fourth-order valence-corrected chi connectivity index (χ4v) is 2.26. The van der Waals surface area contributed by atoms with Crippen LogP contribution in [0, 0.1) is 5.82 Å². The summed E-state index contributed by atoms with van der Waals surface area (Å²) in [5.74, 6) is 0.185. The van der Waals surface area contributed by atoms with Gasteiger partial charge in [-0.15, -0.1) is 0 Å². The number of ether oxygens (including phenoxy) is 1. The van der Waals surface area contributed by atoms with Crippen molar-refractivity contribution in [3.63, 3.8) is 0 Å². The average Bonchev–Trinajstić information content (AvgIpc) is 2.48. The summed E-state index contributed by atoms with van der Waals surface area (Å²) < 4.78 is 19.0. The smallest absolute Gasteiger partial charge is 0.262 e. The van der Waals surface area contributed by atoms with Gasteiger partial charge in [0.15, 0.2) is 6.61 Å². The predicted octanol–water partition coefficient (Wildman–Crippen LogP) is 3.33. The van der Waals surface area contributed by atoms with Crippen LogP contribution in [0.25, 0.3) is 0 Å². The van der Waals surface area contributed by atoms with Gasteiger partial charge in [-0.2, -0.15) is 0 Å². The van der Waals surface area contributed by atoms with E-state index >= 15 is 0 Å². The van der Waals surface area contributed by atoms with Crippen LogP contribution in [0.5, 0.6) is 5.75 Å². The van der Waals surface area contributed by atoms with Crippen molar-refractivity contribution >= 4 is 17.3 Å². The Morgan fingerprint density at radius 1 is 1.29 bits per heavy atom. The largest absolute Gasteiger partial charge is 0.482 e. The molecule has 0 saturated heterocycles. The second-order valence-electron chi connectivity index (χ2n) is 4.94. The molecular formula is C16H15FN2O2. The number of halogens is 1. The van der Waals surface area contributed by atoms with Crippen LogP contribution in [0.1, 0.15) is 18.5 Å². The molecule has 0 aliphatic carbocycles. The molecule has 1 aliphatic rings. The van der Waals surface area contributed by atoms with Crippen LogP contribution in [-0.4, -0.2) is 12.5 Å². The number of carbonyl (C=O) groups is 1. The number of fused-ring (bicyclic) bond motifs is 1. The van der Waals surface area contributed by atoms with Crippen LogP contribution in [-0.2, 0) is 4.79 Å². The van der Waals surface area contributed by atoms with E-state index in [4.69, 9.17) is 4.74 Å². The first-order valence-electron chi connectivity index (χ1n) is 6.71. The van der Waals surface area contributed by atoms with Gasteiger partial charge in [0, 0.05) is 6.04 Å². The first kappa shape index (κ1) is 13.4. The highest BCUT2D eigenvalue weighted by atomic mass is 19.1. The van der Waals surface area contributed by atoms with Gasteiger partial charge in [-0.1, -0.05) is 18.2 Å². The molecule has 2 aromatic carbocycles. The molecule has 3 rings (SSSR count). The standard InChI is InChI=1S/C16H15FN2O2/c1-10(18-13-5-3-2-4-12(13)17)11-6-7-15-14(8-11)19-16(20)9-21-15/h2-8,10,18H,9H2,1H3,(H,19,20). The molecule has 0 radical (unpaired) electrons. The van der Waals surface area contributed by atoms with Gasteiger partial charge in [-0.25, -0.2) is 4.39 Å². The molecular weight excluding hydrogens is 271 g/mol. The zero-order valence-corrected chi connectivity index (χ0v) is 11.5. The number of hydrogen-bond acceptors (Lipinski definition) is 3. The lowest BCUT2D eigenvalue weighted by Gasteiger charge is -2.21. The molecule has 1 heterocycles. The van der Waals surface area contributed by atoms with E-state index < -0.39 is 0 Å². The Bertz CT molecular complexity index is 688.